The number of fused-ring (bicyclic) bond motifs is 1. The number of halogens is 3. The Morgan fingerprint density at radius 3 is 2.68 bits per heavy atom. The minimum Gasteiger partial charge on any atom is -0.485 e. The van der Waals surface area contributed by atoms with Gasteiger partial charge in [-0.3, -0.25) is 4.40 Å². The van der Waals surface area contributed by atoms with Crippen molar-refractivity contribution in [2.45, 2.75) is 13.5 Å². The summed E-state index contributed by atoms with van der Waals surface area (Å²) in [5.41, 5.74) is 0.243. The summed E-state index contributed by atoms with van der Waals surface area (Å²) in [5.74, 6) is -1.41. The third-order valence-corrected chi connectivity index (χ3v) is 3.60. The lowest BCUT2D eigenvalue weighted by Gasteiger charge is -2.10. The zero-order valence-electron chi connectivity index (χ0n) is 12.8. The van der Waals surface area contributed by atoms with E-state index in [4.69, 9.17) is 26.2 Å². The fraction of sp³-hybridized carbons (Fsp3) is 0.125. The molecule has 2 aromatic heterocycles. The zero-order valence-corrected chi connectivity index (χ0v) is 13.6. The van der Waals surface area contributed by atoms with Gasteiger partial charge in [0.05, 0.1) is 10.6 Å². The van der Waals surface area contributed by atoms with Crippen molar-refractivity contribution in [2.75, 3.05) is 0 Å². The van der Waals surface area contributed by atoms with Gasteiger partial charge in [-0.2, -0.15) is 0 Å². The molecule has 0 radical (unpaired) electrons. The molecule has 0 bridgehead atoms. The molecule has 0 spiro atoms. The average Bonchev–Trinajstić information content (AvgIpc) is 2.82. The molecule has 0 aliphatic rings. The second-order valence-electron chi connectivity index (χ2n) is 5.08. The fourth-order valence-corrected chi connectivity index (χ4v) is 2.50. The molecule has 9 heteroatoms. The number of hydrogen-bond donors (Lipinski definition) is 1. The molecule has 0 fully saturated rings. The van der Waals surface area contributed by atoms with E-state index in [-0.39, 0.29) is 33.6 Å². The lowest BCUT2D eigenvalue weighted by molar-refractivity contribution is 0.141. The molecule has 0 aliphatic carbocycles. The molecule has 1 aromatic carbocycles. The van der Waals surface area contributed by atoms with Crippen LogP contribution >= 0.6 is 11.6 Å². The van der Waals surface area contributed by atoms with E-state index >= 15 is 0 Å². The third-order valence-electron chi connectivity index (χ3n) is 3.39. The maximum Gasteiger partial charge on any atom is 0.512 e. The summed E-state index contributed by atoms with van der Waals surface area (Å²) in [5, 5.41) is 9.01. The molecular weight excluding hydrogens is 358 g/mol. The quantitative estimate of drug-likeness (QED) is 0.698. The minimum atomic E-state index is -1.51. The first kappa shape index (κ1) is 17.0. The number of ether oxygens (including phenoxy) is 2. The monoisotopic (exact) mass is 368 g/mol. The van der Waals surface area contributed by atoms with Crippen molar-refractivity contribution in [1.82, 2.24) is 9.38 Å². The van der Waals surface area contributed by atoms with Gasteiger partial charge >= 0.3 is 6.16 Å². The summed E-state index contributed by atoms with van der Waals surface area (Å²) in [7, 11) is 0. The van der Waals surface area contributed by atoms with Gasteiger partial charge in [0.25, 0.3) is 0 Å². The van der Waals surface area contributed by atoms with E-state index in [1.807, 2.05) is 0 Å². The molecule has 0 atom stereocenters. The van der Waals surface area contributed by atoms with Crippen molar-refractivity contribution >= 4 is 23.4 Å². The Bertz CT molecular complexity index is 954. The zero-order chi connectivity index (χ0) is 18.1. The second kappa shape index (κ2) is 6.56. The van der Waals surface area contributed by atoms with Crippen molar-refractivity contribution in [3.8, 4) is 11.6 Å². The molecule has 0 saturated heterocycles. The van der Waals surface area contributed by atoms with Gasteiger partial charge in [0, 0.05) is 12.3 Å². The van der Waals surface area contributed by atoms with Gasteiger partial charge < -0.3 is 14.6 Å². The molecule has 3 aromatic rings. The number of aromatic nitrogens is 2. The van der Waals surface area contributed by atoms with E-state index in [0.717, 1.165) is 12.1 Å². The Morgan fingerprint density at radius 1 is 1.36 bits per heavy atom. The lowest BCUT2D eigenvalue weighted by atomic mass is 10.2. The van der Waals surface area contributed by atoms with Gasteiger partial charge in [-0.05, 0) is 19.1 Å². The molecule has 130 valence electrons. The molecule has 0 amide bonds. The minimum absolute atomic E-state index is 0.0491. The predicted molar refractivity (Wildman–Crippen MR) is 84.3 cm³/mol. The van der Waals surface area contributed by atoms with Gasteiger partial charge in [0.2, 0.25) is 5.88 Å². The summed E-state index contributed by atoms with van der Waals surface area (Å²) >= 11 is 6.01. The number of pyridine rings is 1. The molecule has 3 rings (SSSR count). The Labute approximate surface area is 145 Å². The Balaban J connectivity index is 2.00. The van der Waals surface area contributed by atoms with Crippen LogP contribution in [-0.4, -0.2) is 20.6 Å². The Hall–Kier alpha value is -2.87. The number of carboxylic acid groups (broad SMARTS) is 1. The molecule has 6 nitrogen and oxygen atoms in total. The number of hydrogen-bond acceptors (Lipinski definition) is 4. The molecule has 25 heavy (non-hydrogen) atoms. The van der Waals surface area contributed by atoms with Crippen LogP contribution in [0.1, 0.15) is 11.3 Å². The lowest BCUT2D eigenvalue weighted by Crippen LogP contribution is -2.06. The number of rotatable bonds is 4. The van der Waals surface area contributed by atoms with E-state index in [1.54, 1.807) is 6.92 Å². The van der Waals surface area contributed by atoms with Gasteiger partial charge in [-0.25, -0.2) is 18.6 Å². The van der Waals surface area contributed by atoms with Crippen molar-refractivity contribution in [2.24, 2.45) is 0 Å². The number of benzene rings is 1. The first-order valence-electron chi connectivity index (χ1n) is 7.01. The van der Waals surface area contributed by atoms with Crippen LogP contribution in [0, 0.1) is 18.6 Å². The summed E-state index contributed by atoms with van der Waals surface area (Å²) in [6.07, 6.45) is -0.119. The van der Waals surface area contributed by atoms with Crippen LogP contribution < -0.4 is 9.47 Å². The first-order chi connectivity index (χ1) is 11.9. The van der Waals surface area contributed by atoms with E-state index < -0.39 is 24.4 Å². The Morgan fingerprint density at radius 2 is 2.04 bits per heavy atom. The summed E-state index contributed by atoms with van der Waals surface area (Å²) < 4.78 is 38.9. The molecule has 1 N–H and O–H groups in total. The number of aryl methyl sites for hydroxylation is 1. The van der Waals surface area contributed by atoms with Crippen molar-refractivity contribution in [1.29, 1.82) is 0 Å². The third kappa shape index (κ3) is 3.34. The maximum absolute atomic E-state index is 13.7. The number of imidazole rings is 1. The van der Waals surface area contributed by atoms with Crippen LogP contribution in [0.15, 0.2) is 30.5 Å². The number of nitrogens with zero attached hydrogens (tertiary/aromatic N) is 2. The van der Waals surface area contributed by atoms with Gasteiger partial charge in [-0.15, -0.1) is 0 Å². The highest BCUT2D eigenvalue weighted by molar-refractivity contribution is 6.30. The first-order valence-corrected chi connectivity index (χ1v) is 7.39. The van der Waals surface area contributed by atoms with Crippen LogP contribution in [-0.2, 0) is 6.61 Å². The van der Waals surface area contributed by atoms with E-state index in [1.165, 1.54) is 22.7 Å². The highest BCUT2D eigenvalue weighted by Gasteiger charge is 2.18. The topological polar surface area (TPSA) is 73.1 Å². The largest absolute Gasteiger partial charge is 0.512 e. The SMILES string of the molecule is Cc1nc2c(OCc3c(F)cccc3F)cc(Cl)cn2c1OC(=O)O. The molecule has 0 aliphatic heterocycles. The van der Waals surface area contributed by atoms with E-state index in [0.29, 0.717) is 0 Å². The summed E-state index contributed by atoms with van der Waals surface area (Å²) in [6, 6.07) is 4.90. The molecular formula is C16H11ClF2N2O4. The summed E-state index contributed by atoms with van der Waals surface area (Å²) in [6.45, 7) is 1.15. The highest BCUT2D eigenvalue weighted by atomic mass is 35.5. The van der Waals surface area contributed by atoms with Crippen molar-refractivity contribution in [3.63, 3.8) is 0 Å². The van der Waals surface area contributed by atoms with E-state index in [9.17, 15) is 13.6 Å². The smallest absolute Gasteiger partial charge is 0.485 e. The standard InChI is InChI=1S/C16H11ClF2N2O4/c1-8-15(25-16(22)23)21-6-9(17)5-13(14(21)20-8)24-7-10-11(18)3-2-4-12(10)19/h2-6H,7H2,1H3,(H,22,23). The average molecular weight is 369 g/mol. The fourth-order valence-electron chi connectivity index (χ4n) is 2.31. The van der Waals surface area contributed by atoms with Gasteiger partial charge in [0.15, 0.2) is 11.4 Å². The van der Waals surface area contributed by atoms with Gasteiger partial charge in [-0.1, -0.05) is 17.7 Å². The molecule has 2 heterocycles. The van der Waals surface area contributed by atoms with Crippen LogP contribution in [0.5, 0.6) is 11.6 Å². The van der Waals surface area contributed by atoms with Crippen LogP contribution in [0.2, 0.25) is 5.02 Å². The van der Waals surface area contributed by atoms with Crippen LogP contribution in [0.4, 0.5) is 13.6 Å². The van der Waals surface area contributed by atoms with Crippen LogP contribution in [0.25, 0.3) is 5.65 Å². The van der Waals surface area contributed by atoms with Crippen molar-refractivity contribution < 1.29 is 28.2 Å². The Kier molecular flexibility index (Phi) is 4.45. The molecule has 0 saturated carbocycles. The highest BCUT2D eigenvalue weighted by Crippen LogP contribution is 2.31. The van der Waals surface area contributed by atoms with Gasteiger partial charge in [0.1, 0.15) is 23.9 Å². The molecule has 0 unspecified atom stereocenters. The van der Waals surface area contributed by atoms with Crippen molar-refractivity contribution in [3.05, 3.63) is 58.4 Å². The van der Waals surface area contributed by atoms with Crippen LogP contribution in [0.3, 0.4) is 0 Å². The van der Waals surface area contributed by atoms with E-state index in [2.05, 4.69) is 4.98 Å². The number of carbonyl (C=O) groups is 1. The maximum atomic E-state index is 13.7. The summed E-state index contributed by atoms with van der Waals surface area (Å²) in [4.78, 5) is 15.0. The second-order valence-corrected chi connectivity index (χ2v) is 5.51. The normalized spacial score (nSPS) is 10.9. The predicted octanol–water partition coefficient (Wildman–Crippen LogP) is 4.21.